The maximum absolute atomic E-state index is 15.0. The summed E-state index contributed by atoms with van der Waals surface area (Å²) < 4.78 is 40.6. The van der Waals surface area contributed by atoms with Gasteiger partial charge in [0.1, 0.15) is 42.1 Å². The predicted molar refractivity (Wildman–Crippen MR) is 230 cm³/mol. The van der Waals surface area contributed by atoms with E-state index in [0.717, 1.165) is 33.4 Å². The Morgan fingerprint density at radius 1 is 0.650 bits per heavy atom. The van der Waals surface area contributed by atoms with E-state index in [9.17, 15) is 9.18 Å². The third-order valence-electron chi connectivity index (χ3n) is 10.7. The van der Waals surface area contributed by atoms with E-state index in [1.165, 1.54) is 6.33 Å². The second kappa shape index (κ2) is 17.8. The average Bonchev–Trinajstić information content (AvgIpc) is 3.74. The number of alkyl halides is 1. The molecular weight excluding hydrogens is 758 g/mol. The Bertz CT molecular complexity index is 2580. The van der Waals surface area contributed by atoms with Gasteiger partial charge in [-0.15, -0.1) is 0 Å². The van der Waals surface area contributed by atoms with Gasteiger partial charge in [-0.25, -0.2) is 9.37 Å². The minimum absolute atomic E-state index is 0.110. The number of hydrogen-bond acceptors (Lipinski definition) is 8. The van der Waals surface area contributed by atoms with Crippen molar-refractivity contribution >= 4 is 17.1 Å². The maximum atomic E-state index is 15.0. The van der Waals surface area contributed by atoms with Crippen LogP contribution in [0, 0.1) is 0 Å². The zero-order valence-electron chi connectivity index (χ0n) is 33.2. The fourth-order valence-corrected chi connectivity index (χ4v) is 7.68. The number of benzene rings is 6. The van der Waals surface area contributed by atoms with E-state index in [-0.39, 0.29) is 30.4 Å². The summed E-state index contributed by atoms with van der Waals surface area (Å²) in [4.78, 5) is 25.9. The summed E-state index contributed by atoms with van der Waals surface area (Å²) in [6.07, 6.45) is 0.471. The van der Waals surface area contributed by atoms with Gasteiger partial charge in [0.05, 0.1) is 27.2 Å². The first-order chi connectivity index (χ1) is 29.5. The molecule has 0 amide bonds. The number of H-pyrrole nitrogens is 1. The highest BCUT2D eigenvalue weighted by Gasteiger charge is 2.39. The number of methoxy groups -OCH3 is 2. The van der Waals surface area contributed by atoms with Gasteiger partial charge in [0.25, 0.3) is 5.56 Å². The van der Waals surface area contributed by atoms with Crippen molar-refractivity contribution < 1.29 is 23.3 Å². The van der Waals surface area contributed by atoms with Gasteiger partial charge < -0.3 is 24.3 Å². The summed E-state index contributed by atoms with van der Waals surface area (Å²) in [5.74, 6) is 1.59. The van der Waals surface area contributed by atoms with E-state index in [1.54, 1.807) is 18.8 Å². The smallest absolute Gasteiger partial charge is 0.280 e. The molecule has 1 unspecified atom stereocenters. The molecule has 2 heterocycles. The highest BCUT2D eigenvalue weighted by molar-refractivity contribution is 5.71. The summed E-state index contributed by atoms with van der Waals surface area (Å²) in [5, 5.41) is 3.62. The van der Waals surface area contributed by atoms with Crippen molar-refractivity contribution in [3.8, 4) is 11.5 Å². The molecular formula is C49H44FN5O5. The molecule has 0 fully saturated rings. The van der Waals surface area contributed by atoms with Crippen LogP contribution < -0.4 is 20.3 Å². The molecule has 2 aromatic heterocycles. The summed E-state index contributed by atoms with van der Waals surface area (Å²) >= 11 is 0. The largest absolute Gasteiger partial charge is 0.497 e. The van der Waals surface area contributed by atoms with E-state index in [4.69, 9.17) is 23.9 Å². The van der Waals surface area contributed by atoms with Crippen LogP contribution in [0.15, 0.2) is 181 Å². The standard InChI is InChI=1S/C49H44FN5O5/c1-57-41-27-23-37(24-28-41)48(35-15-7-3-8-16-35,36-17-9-4-10-18-36)54-47-52-45-44(46(56)53-47)51-33-55(45)34-59-43(31-50)32-60-49(38-19-11-5-12-20-38,39-21-13-6-14-22-39)40-25-29-42(58-2)30-26-40/h3-30,33,43H,31-32,34H2,1-2H3,(H2,52,53,54,56)/i50+0. The fraction of sp³-hybridized carbons (Fsp3) is 0.163. The SMILES string of the molecule is COc1ccc(C(Nc2nc3c(ncn3COC(C[19F])COC(c3ccccc3)(c3ccccc3)c3ccc(OC)cc3)c(=O)[nH]2)(c2ccccc2)c2ccccc2)cc1. The molecule has 1 atom stereocenters. The second-order valence-electron chi connectivity index (χ2n) is 14.2. The van der Waals surface area contributed by atoms with Crippen LogP contribution in [0.3, 0.4) is 0 Å². The number of nitrogens with zero attached hydrogens (tertiary/aromatic N) is 3. The lowest BCUT2D eigenvalue weighted by Gasteiger charge is -2.37. The number of nitrogens with one attached hydrogen (secondary N) is 2. The summed E-state index contributed by atoms with van der Waals surface area (Å²) in [7, 11) is 3.24. The van der Waals surface area contributed by atoms with E-state index >= 15 is 0 Å². The van der Waals surface area contributed by atoms with Gasteiger partial charge in [0, 0.05) is 0 Å². The van der Waals surface area contributed by atoms with Crippen molar-refractivity contribution in [2.45, 2.75) is 24.0 Å². The number of aromatic nitrogens is 4. The zero-order chi connectivity index (χ0) is 41.4. The highest BCUT2D eigenvalue weighted by Crippen LogP contribution is 2.42. The van der Waals surface area contributed by atoms with Crippen molar-refractivity contribution in [3.63, 3.8) is 0 Å². The van der Waals surface area contributed by atoms with Gasteiger partial charge in [-0.1, -0.05) is 146 Å². The van der Waals surface area contributed by atoms with Crippen LogP contribution in [0.5, 0.6) is 11.5 Å². The van der Waals surface area contributed by atoms with Crippen molar-refractivity contribution in [1.29, 1.82) is 0 Å². The van der Waals surface area contributed by atoms with Crippen molar-refractivity contribution in [2.75, 3.05) is 32.8 Å². The Hall–Kier alpha value is -7.08. The monoisotopic (exact) mass is 801 g/mol. The Balaban J connectivity index is 1.12. The quantitative estimate of drug-likeness (QED) is 0.0879. The van der Waals surface area contributed by atoms with Crippen LogP contribution >= 0.6 is 0 Å². The molecule has 60 heavy (non-hydrogen) atoms. The van der Waals surface area contributed by atoms with E-state index < -0.39 is 29.5 Å². The minimum atomic E-state index is -1.11. The van der Waals surface area contributed by atoms with Gasteiger partial charge >= 0.3 is 0 Å². The lowest BCUT2D eigenvalue weighted by atomic mass is 9.77. The Labute approximate surface area is 347 Å². The highest BCUT2D eigenvalue weighted by atomic mass is 19.1. The molecule has 2 N–H and O–H groups in total. The lowest BCUT2D eigenvalue weighted by Crippen LogP contribution is -2.39. The Morgan fingerprint density at radius 2 is 1.10 bits per heavy atom. The Morgan fingerprint density at radius 3 is 1.58 bits per heavy atom. The van der Waals surface area contributed by atoms with Gasteiger partial charge in [-0.3, -0.25) is 14.3 Å². The van der Waals surface area contributed by atoms with Crippen molar-refractivity contribution in [1.82, 2.24) is 19.5 Å². The molecule has 0 radical (unpaired) electrons. The molecule has 0 bridgehead atoms. The molecule has 0 spiro atoms. The number of imidazole rings is 1. The number of fused-ring (bicyclic) bond motifs is 1. The van der Waals surface area contributed by atoms with E-state index in [2.05, 4.69) is 15.3 Å². The van der Waals surface area contributed by atoms with E-state index in [1.807, 2.05) is 170 Å². The number of anilines is 1. The van der Waals surface area contributed by atoms with E-state index in [0.29, 0.717) is 11.5 Å². The summed E-state index contributed by atoms with van der Waals surface area (Å²) in [6, 6.07) is 55.0. The normalized spacial score (nSPS) is 12.2. The molecule has 0 saturated carbocycles. The van der Waals surface area contributed by atoms with Crippen LogP contribution in [-0.2, 0) is 27.3 Å². The Kier molecular flexibility index (Phi) is 11.8. The van der Waals surface area contributed by atoms with Gasteiger partial charge in [-0.2, -0.15) is 4.98 Å². The molecule has 0 saturated heterocycles. The lowest BCUT2D eigenvalue weighted by molar-refractivity contribution is -0.0878. The number of hydrogen-bond donors (Lipinski definition) is 2. The maximum Gasteiger partial charge on any atom is 0.280 e. The number of halogens is 1. The van der Waals surface area contributed by atoms with Gasteiger partial charge in [0.15, 0.2) is 11.2 Å². The number of ether oxygens (including phenoxy) is 4. The molecule has 8 aromatic rings. The topological polar surface area (TPSA) is 113 Å². The fourth-order valence-electron chi connectivity index (χ4n) is 7.68. The number of aromatic amines is 1. The third-order valence-corrected chi connectivity index (χ3v) is 10.7. The van der Waals surface area contributed by atoms with Crippen LogP contribution in [0.4, 0.5) is 10.3 Å². The summed E-state index contributed by atoms with van der Waals surface area (Å²) in [5.41, 5.74) is 3.03. The molecule has 0 aliphatic carbocycles. The van der Waals surface area contributed by atoms with Crippen molar-refractivity contribution in [3.05, 3.63) is 220 Å². The molecule has 6 aromatic carbocycles. The molecule has 302 valence electrons. The van der Waals surface area contributed by atoms with Gasteiger partial charge in [-0.05, 0) is 57.6 Å². The minimum Gasteiger partial charge on any atom is -0.497 e. The van der Waals surface area contributed by atoms with Crippen LogP contribution in [-0.4, -0.2) is 53.1 Å². The first-order valence-corrected chi connectivity index (χ1v) is 19.5. The predicted octanol–water partition coefficient (Wildman–Crippen LogP) is 8.86. The first-order valence-electron chi connectivity index (χ1n) is 19.5. The average molecular weight is 802 g/mol. The molecule has 10 nitrogen and oxygen atoms in total. The third kappa shape index (κ3) is 7.75. The summed E-state index contributed by atoms with van der Waals surface area (Å²) in [6.45, 7) is -1.11. The van der Waals surface area contributed by atoms with Crippen LogP contribution in [0.2, 0.25) is 0 Å². The zero-order valence-corrected chi connectivity index (χ0v) is 33.2. The molecule has 0 aliphatic heterocycles. The number of rotatable bonds is 17. The molecule has 0 aliphatic rings. The van der Waals surface area contributed by atoms with Crippen LogP contribution in [0.25, 0.3) is 11.2 Å². The molecule has 11 heteroatoms. The first kappa shape index (κ1) is 39.7. The molecule has 8 rings (SSSR count). The second-order valence-corrected chi connectivity index (χ2v) is 14.2. The van der Waals surface area contributed by atoms with Crippen molar-refractivity contribution in [2.24, 2.45) is 0 Å². The van der Waals surface area contributed by atoms with Gasteiger partial charge in [0.2, 0.25) is 5.95 Å². The van der Waals surface area contributed by atoms with Crippen LogP contribution in [0.1, 0.15) is 33.4 Å².